The van der Waals surface area contributed by atoms with Crippen LogP contribution in [0.1, 0.15) is 5.82 Å². The van der Waals surface area contributed by atoms with E-state index >= 15 is 0 Å². The number of aromatic amines is 1. The molecule has 6 nitrogen and oxygen atoms in total. The van der Waals surface area contributed by atoms with E-state index in [0.29, 0.717) is 34.1 Å². The van der Waals surface area contributed by atoms with Gasteiger partial charge in [-0.2, -0.15) is 0 Å². The molecule has 0 unspecified atom stereocenters. The first-order valence-electron chi connectivity index (χ1n) is 8.57. The van der Waals surface area contributed by atoms with Crippen molar-refractivity contribution >= 4 is 27.2 Å². The molecule has 0 saturated heterocycles. The summed E-state index contributed by atoms with van der Waals surface area (Å²) in [6.07, 6.45) is 0. The van der Waals surface area contributed by atoms with Crippen LogP contribution in [0.25, 0.3) is 21.3 Å². The first-order chi connectivity index (χ1) is 13.7. The van der Waals surface area contributed by atoms with Crippen LogP contribution in [0.4, 0.5) is 10.1 Å². The van der Waals surface area contributed by atoms with E-state index in [1.54, 1.807) is 12.1 Å². The van der Waals surface area contributed by atoms with Gasteiger partial charge in [-0.25, -0.2) is 9.37 Å². The molecule has 2 aromatic carbocycles. The number of benzene rings is 2. The largest absolute Gasteiger partial charge is 0.454 e. The van der Waals surface area contributed by atoms with Crippen LogP contribution in [-0.2, 0) is 6.54 Å². The van der Waals surface area contributed by atoms with Crippen molar-refractivity contribution in [2.24, 2.45) is 0 Å². The Labute approximate surface area is 162 Å². The molecule has 3 heterocycles. The Balaban J connectivity index is 1.42. The van der Waals surface area contributed by atoms with Crippen LogP contribution in [0.2, 0.25) is 0 Å². The summed E-state index contributed by atoms with van der Waals surface area (Å²) in [5, 5.41) is 5.61. The van der Waals surface area contributed by atoms with E-state index in [2.05, 4.69) is 15.3 Å². The molecule has 8 heteroatoms. The maximum absolute atomic E-state index is 13.2. The smallest absolute Gasteiger partial charge is 0.260 e. The van der Waals surface area contributed by atoms with Gasteiger partial charge >= 0.3 is 0 Å². The average Bonchev–Trinajstić information content (AvgIpc) is 3.33. The lowest BCUT2D eigenvalue weighted by Gasteiger charge is -2.07. The monoisotopic (exact) mass is 395 g/mol. The van der Waals surface area contributed by atoms with E-state index in [-0.39, 0.29) is 18.2 Å². The summed E-state index contributed by atoms with van der Waals surface area (Å²) in [5.41, 5.74) is 2.16. The third kappa shape index (κ3) is 2.97. The van der Waals surface area contributed by atoms with Gasteiger partial charge < -0.3 is 19.8 Å². The zero-order chi connectivity index (χ0) is 19.1. The van der Waals surface area contributed by atoms with Crippen molar-refractivity contribution in [1.82, 2.24) is 9.97 Å². The van der Waals surface area contributed by atoms with Crippen molar-refractivity contribution in [2.75, 3.05) is 12.1 Å². The van der Waals surface area contributed by atoms with E-state index in [1.807, 2.05) is 23.6 Å². The fraction of sp³-hybridized carbons (Fsp3) is 0.100. The number of halogens is 1. The molecule has 140 valence electrons. The van der Waals surface area contributed by atoms with E-state index < -0.39 is 0 Å². The number of aromatic nitrogens is 2. The summed E-state index contributed by atoms with van der Waals surface area (Å²) in [7, 11) is 0. The zero-order valence-corrected chi connectivity index (χ0v) is 15.3. The van der Waals surface area contributed by atoms with Crippen molar-refractivity contribution in [3.05, 3.63) is 69.8 Å². The SMILES string of the molecule is O=c1[nH]c(CNc2ccc3c(c2)OCO3)nc2scc(-c3ccc(F)cc3)c12. The minimum atomic E-state index is -0.313. The van der Waals surface area contributed by atoms with Gasteiger partial charge in [0.15, 0.2) is 11.5 Å². The highest BCUT2D eigenvalue weighted by molar-refractivity contribution is 7.17. The van der Waals surface area contributed by atoms with Crippen molar-refractivity contribution in [2.45, 2.75) is 6.54 Å². The number of nitrogens with zero attached hydrogens (tertiary/aromatic N) is 1. The fourth-order valence-corrected chi connectivity index (χ4v) is 4.08. The normalized spacial score (nSPS) is 12.5. The van der Waals surface area contributed by atoms with Gasteiger partial charge in [0.25, 0.3) is 5.56 Å². The zero-order valence-electron chi connectivity index (χ0n) is 14.5. The highest BCUT2D eigenvalue weighted by Gasteiger charge is 2.15. The van der Waals surface area contributed by atoms with E-state index in [0.717, 1.165) is 16.8 Å². The van der Waals surface area contributed by atoms with Gasteiger partial charge in [-0.05, 0) is 29.8 Å². The van der Waals surface area contributed by atoms with E-state index in [1.165, 1.54) is 23.5 Å². The molecule has 0 amide bonds. The Morgan fingerprint density at radius 2 is 1.96 bits per heavy atom. The van der Waals surface area contributed by atoms with Crippen molar-refractivity contribution in [1.29, 1.82) is 0 Å². The Kier molecular flexibility index (Phi) is 3.98. The Morgan fingerprint density at radius 3 is 2.82 bits per heavy atom. The second kappa shape index (κ2) is 6.65. The minimum absolute atomic E-state index is 0.215. The molecule has 5 rings (SSSR count). The van der Waals surface area contributed by atoms with Gasteiger partial charge in [-0.3, -0.25) is 4.79 Å². The fourth-order valence-electron chi connectivity index (χ4n) is 3.11. The molecule has 0 radical (unpaired) electrons. The van der Waals surface area contributed by atoms with Crippen molar-refractivity contribution < 1.29 is 13.9 Å². The van der Waals surface area contributed by atoms with Crippen LogP contribution in [0.3, 0.4) is 0 Å². The first-order valence-corrected chi connectivity index (χ1v) is 9.45. The molecule has 2 aromatic heterocycles. The molecular formula is C20H14FN3O3S. The summed E-state index contributed by atoms with van der Waals surface area (Å²) in [5.74, 6) is 1.62. The second-order valence-electron chi connectivity index (χ2n) is 6.27. The summed E-state index contributed by atoms with van der Waals surface area (Å²) in [6.45, 7) is 0.577. The van der Waals surface area contributed by atoms with Gasteiger partial charge in [0.2, 0.25) is 6.79 Å². The molecule has 0 bridgehead atoms. The summed E-state index contributed by atoms with van der Waals surface area (Å²) >= 11 is 1.39. The Hall–Kier alpha value is -3.39. The lowest BCUT2D eigenvalue weighted by Crippen LogP contribution is -2.14. The molecule has 2 N–H and O–H groups in total. The number of anilines is 1. The Bertz CT molecular complexity index is 1230. The van der Waals surface area contributed by atoms with Gasteiger partial charge in [0.05, 0.1) is 11.9 Å². The number of fused-ring (bicyclic) bond motifs is 2. The number of ether oxygens (including phenoxy) is 2. The van der Waals surface area contributed by atoms with Crippen molar-refractivity contribution in [3.63, 3.8) is 0 Å². The number of thiophene rings is 1. The molecule has 1 aliphatic rings. The number of hydrogen-bond donors (Lipinski definition) is 2. The lowest BCUT2D eigenvalue weighted by molar-refractivity contribution is 0.174. The van der Waals surface area contributed by atoms with Crippen LogP contribution in [0.5, 0.6) is 11.5 Å². The highest BCUT2D eigenvalue weighted by Crippen LogP contribution is 2.34. The van der Waals surface area contributed by atoms with Gasteiger partial charge in [-0.1, -0.05) is 12.1 Å². The second-order valence-corrected chi connectivity index (χ2v) is 7.13. The molecule has 0 spiro atoms. The third-order valence-electron chi connectivity index (χ3n) is 4.48. The minimum Gasteiger partial charge on any atom is -0.454 e. The molecule has 0 fully saturated rings. The first kappa shape index (κ1) is 16.8. The lowest BCUT2D eigenvalue weighted by atomic mass is 10.1. The predicted molar refractivity (Wildman–Crippen MR) is 106 cm³/mol. The van der Waals surface area contributed by atoms with Crippen LogP contribution in [0, 0.1) is 5.82 Å². The van der Waals surface area contributed by atoms with Crippen LogP contribution >= 0.6 is 11.3 Å². The molecule has 28 heavy (non-hydrogen) atoms. The van der Waals surface area contributed by atoms with Gasteiger partial charge in [0, 0.05) is 22.7 Å². The van der Waals surface area contributed by atoms with E-state index in [4.69, 9.17) is 9.47 Å². The molecule has 0 aliphatic carbocycles. The Morgan fingerprint density at radius 1 is 1.14 bits per heavy atom. The topological polar surface area (TPSA) is 76.2 Å². The molecule has 4 aromatic rings. The quantitative estimate of drug-likeness (QED) is 0.543. The van der Waals surface area contributed by atoms with Crippen molar-refractivity contribution in [3.8, 4) is 22.6 Å². The number of rotatable bonds is 4. The number of H-pyrrole nitrogens is 1. The highest BCUT2D eigenvalue weighted by atomic mass is 32.1. The molecule has 1 aliphatic heterocycles. The van der Waals surface area contributed by atoms with Gasteiger partial charge in [-0.15, -0.1) is 11.3 Å². The maximum atomic E-state index is 13.2. The van der Waals surface area contributed by atoms with Crippen LogP contribution < -0.4 is 20.3 Å². The van der Waals surface area contributed by atoms with Crippen LogP contribution in [-0.4, -0.2) is 16.8 Å². The average molecular weight is 395 g/mol. The maximum Gasteiger partial charge on any atom is 0.260 e. The number of hydrogen-bond acceptors (Lipinski definition) is 6. The predicted octanol–water partition coefficient (Wildman–Crippen LogP) is 4.13. The summed E-state index contributed by atoms with van der Waals surface area (Å²) in [6, 6.07) is 11.6. The summed E-state index contributed by atoms with van der Waals surface area (Å²) in [4.78, 5) is 20.7. The third-order valence-corrected chi connectivity index (χ3v) is 5.35. The van der Waals surface area contributed by atoms with Crippen LogP contribution in [0.15, 0.2) is 52.6 Å². The standard InChI is InChI=1S/C20H14FN3O3S/c21-12-3-1-11(2-4-12)14-9-28-20-18(14)19(25)23-17(24-20)8-22-13-5-6-15-16(7-13)27-10-26-15/h1-7,9,22H,8,10H2,(H,23,24,25). The molecule has 0 atom stereocenters. The number of nitrogens with one attached hydrogen (secondary N) is 2. The molecular weight excluding hydrogens is 381 g/mol. The van der Waals surface area contributed by atoms with Gasteiger partial charge in [0.1, 0.15) is 16.5 Å². The molecule has 0 saturated carbocycles. The summed E-state index contributed by atoms with van der Waals surface area (Å²) < 4.78 is 23.8. The van der Waals surface area contributed by atoms with E-state index in [9.17, 15) is 9.18 Å².